The first-order valence-electron chi connectivity index (χ1n) is 13.9. The molecule has 4 N–H and O–H groups in total. The lowest BCUT2D eigenvalue weighted by Crippen LogP contribution is -2.48. The Hall–Kier alpha value is -4.57. The summed E-state index contributed by atoms with van der Waals surface area (Å²) < 4.78 is 30.3. The van der Waals surface area contributed by atoms with Crippen LogP contribution in [-0.2, 0) is 31.8 Å². The van der Waals surface area contributed by atoms with Crippen LogP contribution in [0.25, 0.3) is 11.2 Å². The maximum absolute atomic E-state index is 15.6. The van der Waals surface area contributed by atoms with E-state index in [4.69, 9.17) is 26.8 Å². The van der Waals surface area contributed by atoms with E-state index in [1.54, 1.807) is 30.3 Å². The van der Waals surface area contributed by atoms with Gasteiger partial charge in [0.1, 0.15) is 17.7 Å². The number of nitrogen functional groups attached to an aromatic ring is 1. The number of nitrogens with two attached hydrogens (primary N) is 1. The smallest absolute Gasteiger partial charge is 0.344 e. The molecule has 14 nitrogen and oxygen atoms in total. The Kier molecular flexibility index (Phi) is 7.95. The van der Waals surface area contributed by atoms with Crippen molar-refractivity contribution in [3.63, 3.8) is 0 Å². The van der Waals surface area contributed by atoms with Crippen LogP contribution in [-0.4, -0.2) is 80.9 Å². The molecule has 1 aliphatic heterocycles. The summed E-state index contributed by atoms with van der Waals surface area (Å²) in [6.07, 6.45) is -5.34. The lowest BCUT2D eigenvalue weighted by Gasteiger charge is -2.34. The third-order valence-electron chi connectivity index (χ3n) is 7.96. The van der Waals surface area contributed by atoms with E-state index >= 15 is 4.39 Å². The summed E-state index contributed by atoms with van der Waals surface area (Å²) in [6.45, 7) is 3.15. The van der Waals surface area contributed by atoms with Gasteiger partial charge in [0.15, 0.2) is 29.7 Å². The third kappa shape index (κ3) is 5.37. The summed E-state index contributed by atoms with van der Waals surface area (Å²) in [7, 11) is 0. The van der Waals surface area contributed by atoms with Gasteiger partial charge in [-0.25, -0.2) is 18.9 Å². The normalized spacial score (nSPS) is 21.6. The fourth-order valence-corrected chi connectivity index (χ4v) is 5.65. The molecule has 1 aliphatic rings. The van der Waals surface area contributed by atoms with E-state index in [2.05, 4.69) is 30.5 Å². The zero-order valence-electron chi connectivity index (χ0n) is 24.1. The SMILES string of the molecule is CC(C)(c1ccccc1)n1nnnc1C(Cc1ccccc1)(OC[C@H]1O[C@@H](n2cnc3c(N)nc(Cl)nc32)[C@@H](F)[C@@H]1O)C(=O)O. The molecule has 1 fully saturated rings. The average Bonchev–Trinajstić information content (AvgIpc) is 3.75. The first-order valence-corrected chi connectivity index (χ1v) is 14.3. The van der Waals surface area contributed by atoms with E-state index in [1.165, 1.54) is 15.6 Å². The molecule has 16 heteroatoms. The van der Waals surface area contributed by atoms with Crippen LogP contribution in [0.4, 0.5) is 10.2 Å². The summed E-state index contributed by atoms with van der Waals surface area (Å²) in [4.78, 5) is 25.3. The number of nitrogens with zero attached hydrogens (tertiary/aromatic N) is 8. The number of anilines is 1. The summed E-state index contributed by atoms with van der Waals surface area (Å²) in [5.74, 6) is -1.51. The fraction of sp³-hybridized carbons (Fsp3) is 0.345. The molecule has 2 aromatic carbocycles. The van der Waals surface area contributed by atoms with E-state index in [0.717, 1.165) is 5.56 Å². The molecule has 5 aromatic rings. The van der Waals surface area contributed by atoms with E-state index in [9.17, 15) is 15.0 Å². The highest BCUT2D eigenvalue weighted by molar-refractivity contribution is 6.28. The molecular formula is C29H29ClFN9O5. The molecular weight excluding hydrogens is 609 g/mol. The lowest BCUT2D eigenvalue weighted by atomic mass is 9.90. The number of carboxylic acid groups (broad SMARTS) is 1. The van der Waals surface area contributed by atoms with Crippen molar-refractivity contribution in [2.45, 2.75) is 56.0 Å². The summed E-state index contributed by atoms with van der Waals surface area (Å²) in [5.41, 5.74) is 4.49. The van der Waals surface area contributed by atoms with E-state index in [1.807, 2.05) is 44.2 Å². The molecule has 0 saturated carbocycles. The number of aromatic nitrogens is 8. The number of ether oxygens (including phenoxy) is 2. The van der Waals surface area contributed by atoms with Gasteiger partial charge in [0, 0.05) is 6.42 Å². The Morgan fingerprint density at radius 2 is 1.82 bits per heavy atom. The number of halogens is 2. The number of rotatable bonds is 10. The van der Waals surface area contributed by atoms with Gasteiger partial charge < -0.3 is 25.4 Å². The number of alkyl halides is 1. The van der Waals surface area contributed by atoms with Gasteiger partial charge in [-0.05, 0) is 47.0 Å². The number of aliphatic hydroxyl groups is 1. The van der Waals surface area contributed by atoms with Gasteiger partial charge in [-0.1, -0.05) is 60.7 Å². The van der Waals surface area contributed by atoms with Crippen molar-refractivity contribution in [2.75, 3.05) is 12.3 Å². The van der Waals surface area contributed by atoms with E-state index < -0.39 is 48.3 Å². The Balaban J connectivity index is 1.36. The largest absolute Gasteiger partial charge is 0.479 e. The van der Waals surface area contributed by atoms with Crippen LogP contribution in [0.2, 0.25) is 5.28 Å². The second-order valence-electron chi connectivity index (χ2n) is 11.1. The van der Waals surface area contributed by atoms with Crippen molar-refractivity contribution in [3.05, 3.63) is 89.2 Å². The minimum Gasteiger partial charge on any atom is -0.479 e. The first kappa shape index (κ1) is 30.5. The summed E-state index contributed by atoms with van der Waals surface area (Å²) >= 11 is 5.96. The molecule has 6 rings (SSSR count). The molecule has 4 heterocycles. The number of aliphatic carboxylic acids is 1. The van der Waals surface area contributed by atoms with Crippen molar-refractivity contribution in [1.29, 1.82) is 0 Å². The number of hydrogen-bond acceptors (Lipinski definition) is 11. The van der Waals surface area contributed by atoms with Crippen molar-refractivity contribution in [3.8, 4) is 0 Å². The second-order valence-corrected chi connectivity index (χ2v) is 11.5. The van der Waals surface area contributed by atoms with Crippen molar-refractivity contribution in [2.24, 2.45) is 0 Å². The quantitative estimate of drug-likeness (QED) is 0.190. The summed E-state index contributed by atoms with van der Waals surface area (Å²) in [5, 5.41) is 33.7. The van der Waals surface area contributed by atoms with Crippen LogP contribution in [0.3, 0.4) is 0 Å². The van der Waals surface area contributed by atoms with Gasteiger partial charge in [-0.15, -0.1) is 5.10 Å². The molecule has 0 aliphatic carbocycles. The molecule has 0 radical (unpaired) electrons. The number of aliphatic hydroxyl groups excluding tert-OH is 1. The minimum atomic E-state index is -2.18. The predicted molar refractivity (Wildman–Crippen MR) is 158 cm³/mol. The van der Waals surface area contributed by atoms with Crippen LogP contribution in [0.1, 0.15) is 37.0 Å². The summed E-state index contributed by atoms with van der Waals surface area (Å²) in [6, 6.07) is 18.1. The highest BCUT2D eigenvalue weighted by Gasteiger charge is 2.52. The van der Waals surface area contributed by atoms with Crippen LogP contribution in [0.5, 0.6) is 0 Å². The van der Waals surface area contributed by atoms with Crippen LogP contribution in [0, 0.1) is 0 Å². The number of benzene rings is 2. The zero-order chi connectivity index (χ0) is 31.9. The number of hydrogen-bond donors (Lipinski definition) is 3. The van der Waals surface area contributed by atoms with Gasteiger partial charge in [0.2, 0.25) is 10.9 Å². The topological polar surface area (TPSA) is 189 Å². The zero-order valence-corrected chi connectivity index (χ0v) is 24.9. The number of imidazole rings is 1. The standard InChI is InChI=1S/C29H29ClFN9O5/c1-28(2,17-11-7-4-8-12-17)40-25(36-37-38-40)29(26(42)43,13-16-9-5-3-6-10-16)44-14-18-21(41)19(31)24(45-18)39-15-33-20-22(32)34-27(30)35-23(20)39/h3-12,15,18-19,21,24,41H,13-14H2,1-2H3,(H,42,43)(H2,32,34,35)/t18-,19+,21-,24-,29?/m1/s1. The van der Waals surface area contributed by atoms with Crippen molar-refractivity contribution >= 4 is 34.6 Å². The van der Waals surface area contributed by atoms with Crippen LogP contribution < -0.4 is 5.73 Å². The van der Waals surface area contributed by atoms with Crippen molar-refractivity contribution < 1.29 is 28.9 Å². The monoisotopic (exact) mass is 637 g/mol. The van der Waals surface area contributed by atoms with Gasteiger partial charge in [-0.3, -0.25) is 4.57 Å². The van der Waals surface area contributed by atoms with Gasteiger partial charge >= 0.3 is 5.97 Å². The lowest BCUT2D eigenvalue weighted by molar-refractivity contribution is -0.178. The highest BCUT2D eigenvalue weighted by Crippen LogP contribution is 2.38. The first-order chi connectivity index (χ1) is 21.5. The molecule has 0 amide bonds. The van der Waals surface area contributed by atoms with Crippen LogP contribution >= 0.6 is 11.6 Å². The molecule has 234 valence electrons. The van der Waals surface area contributed by atoms with E-state index in [0.29, 0.717) is 5.56 Å². The molecule has 45 heavy (non-hydrogen) atoms. The predicted octanol–water partition coefficient (Wildman–Crippen LogP) is 2.67. The van der Waals surface area contributed by atoms with Gasteiger partial charge in [-0.2, -0.15) is 9.97 Å². The average molecular weight is 638 g/mol. The molecule has 0 spiro atoms. The Bertz CT molecular complexity index is 1820. The number of carboxylic acids is 1. The van der Waals surface area contributed by atoms with Gasteiger partial charge in [0.05, 0.1) is 18.5 Å². The van der Waals surface area contributed by atoms with Crippen molar-refractivity contribution in [1.82, 2.24) is 39.7 Å². The Labute approximate surface area is 260 Å². The molecule has 3 aromatic heterocycles. The molecule has 5 atom stereocenters. The molecule has 1 saturated heterocycles. The van der Waals surface area contributed by atoms with Gasteiger partial charge in [0.25, 0.3) is 0 Å². The van der Waals surface area contributed by atoms with E-state index in [-0.39, 0.29) is 34.5 Å². The number of tetrazole rings is 1. The molecule has 1 unspecified atom stereocenters. The minimum absolute atomic E-state index is 0.0131. The second kappa shape index (κ2) is 11.7. The fourth-order valence-electron chi connectivity index (χ4n) is 5.48. The Morgan fingerprint density at radius 3 is 2.51 bits per heavy atom. The number of carbonyl (C=O) groups is 1. The maximum Gasteiger partial charge on any atom is 0.344 e. The number of fused-ring (bicyclic) bond motifs is 1. The maximum atomic E-state index is 15.6. The molecule has 0 bridgehead atoms. The highest BCUT2D eigenvalue weighted by atomic mass is 35.5. The Morgan fingerprint density at radius 1 is 1.13 bits per heavy atom. The van der Waals surface area contributed by atoms with Crippen LogP contribution in [0.15, 0.2) is 67.0 Å². The third-order valence-corrected chi connectivity index (χ3v) is 8.13.